The van der Waals surface area contributed by atoms with E-state index >= 15 is 0 Å². The van der Waals surface area contributed by atoms with Crippen LogP contribution in [-0.4, -0.2) is 24.6 Å². The summed E-state index contributed by atoms with van der Waals surface area (Å²) < 4.78 is 31.3. The summed E-state index contributed by atoms with van der Waals surface area (Å²) in [6.07, 6.45) is 11.5. The maximum Gasteiger partial charge on any atom is 0.343 e. The molecule has 0 spiro atoms. The summed E-state index contributed by atoms with van der Waals surface area (Å²) in [7, 11) is 0. The fourth-order valence-corrected chi connectivity index (χ4v) is 4.73. The quantitative estimate of drug-likeness (QED) is 0.0838. The lowest BCUT2D eigenvalue weighted by atomic mass is 10.0. The molecule has 0 aliphatic heterocycles. The number of carbonyl (C=O) groups excluding carboxylic acids is 2. The summed E-state index contributed by atoms with van der Waals surface area (Å²) in [6, 6.07) is 18.6. The first-order chi connectivity index (χ1) is 20.8. The number of esters is 2. The highest BCUT2D eigenvalue weighted by Gasteiger charge is 2.18. The molecule has 0 saturated carbocycles. The van der Waals surface area contributed by atoms with Crippen molar-refractivity contribution in [2.24, 2.45) is 5.92 Å². The maximum absolute atomic E-state index is 14.7. The van der Waals surface area contributed by atoms with Crippen LogP contribution in [0.1, 0.15) is 113 Å². The molecule has 3 aromatic carbocycles. The Hall–Kier alpha value is -3.67. The van der Waals surface area contributed by atoms with Gasteiger partial charge in [0.05, 0.1) is 23.8 Å². The molecule has 43 heavy (non-hydrogen) atoms. The lowest BCUT2D eigenvalue weighted by molar-refractivity contribution is 0.0308. The zero-order valence-electron chi connectivity index (χ0n) is 26.2. The second-order valence-corrected chi connectivity index (χ2v) is 11.6. The van der Waals surface area contributed by atoms with Gasteiger partial charge in [-0.3, -0.25) is 0 Å². The third-order valence-electron chi connectivity index (χ3n) is 7.40. The van der Waals surface area contributed by atoms with Gasteiger partial charge < -0.3 is 14.2 Å². The Bertz CT molecular complexity index is 1270. The monoisotopic (exact) mass is 590 g/mol. The van der Waals surface area contributed by atoms with E-state index in [1.807, 2.05) is 36.4 Å². The Morgan fingerprint density at radius 1 is 0.698 bits per heavy atom. The highest BCUT2D eigenvalue weighted by molar-refractivity contribution is 5.92. The minimum atomic E-state index is -0.799. The van der Waals surface area contributed by atoms with Gasteiger partial charge in [-0.2, -0.15) is 0 Å². The molecule has 3 rings (SSSR count). The van der Waals surface area contributed by atoms with Crippen LogP contribution in [0.3, 0.4) is 0 Å². The molecule has 0 radical (unpaired) electrons. The summed E-state index contributed by atoms with van der Waals surface area (Å²) in [4.78, 5) is 25.1. The molecule has 0 aromatic heterocycles. The predicted molar refractivity (Wildman–Crippen MR) is 170 cm³/mol. The Kier molecular flexibility index (Phi) is 14.2. The van der Waals surface area contributed by atoms with Gasteiger partial charge in [0.2, 0.25) is 0 Å². The molecule has 232 valence electrons. The fraction of sp³-hybridized carbons (Fsp3) is 0.459. The largest absolute Gasteiger partial charge is 0.494 e. The second kappa shape index (κ2) is 18.1. The molecule has 0 N–H and O–H groups in total. The van der Waals surface area contributed by atoms with Crippen molar-refractivity contribution in [2.75, 3.05) is 6.61 Å². The van der Waals surface area contributed by atoms with Crippen molar-refractivity contribution in [3.8, 4) is 22.6 Å². The molecule has 3 aromatic rings. The average molecular weight is 591 g/mol. The van der Waals surface area contributed by atoms with Crippen molar-refractivity contribution in [3.05, 3.63) is 83.7 Å². The average Bonchev–Trinajstić information content (AvgIpc) is 2.99. The van der Waals surface area contributed by atoms with Gasteiger partial charge >= 0.3 is 11.9 Å². The zero-order chi connectivity index (χ0) is 31.0. The molecule has 5 nitrogen and oxygen atoms in total. The second-order valence-electron chi connectivity index (χ2n) is 11.6. The van der Waals surface area contributed by atoms with Crippen LogP contribution in [-0.2, 0) is 4.74 Å². The van der Waals surface area contributed by atoms with E-state index in [2.05, 4.69) is 20.8 Å². The van der Waals surface area contributed by atoms with E-state index in [4.69, 9.17) is 14.2 Å². The van der Waals surface area contributed by atoms with Crippen molar-refractivity contribution in [2.45, 2.75) is 98.0 Å². The number of rotatable bonds is 18. The van der Waals surface area contributed by atoms with Crippen LogP contribution in [0.15, 0.2) is 66.7 Å². The molecule has 1 unspecified atom stereocenters. The highest BCUT2D eigenvalue weighted by atomic mass is 19.1. The van der Waals surface area contributed by atoms with Crippen molar-refractivity contribution in [3.63, 3.8) is 0 Å². The first-order valence-electron chi connectivity index (χ1n) is 15.8. The van der Waals surface area contributed by atoms with Gasteiger partial charge in [0.25, 0.3) is 0 Å². The van der Waals surface area contributed by atoms with E-state index in [0.29, 0.717) is 17.9 Å². The third kappa shape index (κ3) is 11.9. The number of hydrogen-bond acceptors (Lipinski definition) is 5. The minimum absolute atomic E-state index is 0.0125. The number of carbonyl (C=O) groups is 2. The first-order valence-corrected chi connectivity index (χ1v) is 15.8. The van der Waals surface area contributed by atoms with Crippen molar-refractivity contribution < 1.29 is 28.2 Å². The zero-order valence-corrected chi connectivity index (χ0v) is 26.2. The van der Waals surface area contributed by atoms with E-state index in [1.165, 1.54) is 57.1 Å². The molecular formula is C37H47FO5. The maximum atomic E-state index is 14.7. The van der Waals surface area contributed by atoms with Gasteiger partial charge in [0.15, 0.2) is 0 Å². The lowest BCUT2D eigenvalue weighted by Gasteiger charge is -2.15. The molecule has 0 aliphatic rings. The van der Waals surface area contributed by atoms with Crippen LogP contribution in [0, 0.1) is 11.7 Å². The summed E-state index contributed by atoms with van der Waals surface area (Å²) >= 11 is 0. The predicted octanol–water partition coefficient (Wildman–Crippen LogP) is 10.2. The van der Waals surface area contributed by atoms with Crippen LogP contribution in [0.2, 0.25) is 0 Å². The van der Waals surface area contributed by atoms with Gasteiger partial charge in [0.1, 0.15) is 17.3 Å². The topological polar surface area (TPSA) is 61.8 Å². The van der Waals surface area contributed by atoms with Crippen LogP contribution < -0.4 is 9.47 Å². The van der Waals surface area contributed by atoms with Gasteiger partial charge in [-0.15, -0.1) is 0 Å². The fourth-order valence-electron chi connectivity index (χ4n) is 4.73. The lowest BCUT2D eigenvalue weighted by Crippen LogP contribution is -2.17. The Balaban J connectivity index is 1.46. The molecule has 6 heteroatoms. The standard InChI is InChI=1S/C37H47FO5/c1-5-6-7-8-9-10-11-12-25-41-32-21-19-30(20-22-32)29-15-17-31(18-16-29)36(39)43-33-23-24-34(35(38)26-33)37(40)42-28(4)14-13-27(2)3/h15-24,26-28H,5-14,25H2,1-4H3. The van der Waals surface area contributed by atoms with E-state index in [0.717, 1.165) is 42.4 Å². The van der Waals surface area contributed by atoms with Crippen LogP contribution in [0.5, 0.6) is 11.5 Å². The molecule has 0 saturated heterocycles. The SMILES string of the molecule is CCCCCCCCCCOc1ccc(-c2ccc(C(=O)Oc3ccc(C(=O)OC(C)CCC(C)C)c(F)c3)cc2)cc1. The van der Waals surface area contributed by atoms with Crippen LogP contribution >= 0.6 is 0 Å². The summed E-state index contributed by atoms with van der Waals surface area (Å²) in [6.45, 7) is 8.94. The van der Waals surface area contributed by atoms with Crippen molar-refractivity contribution in [1.29, 1.82) is 0 Å². The van der Waals surface area contributed by atoms with Gasteiger partial charge in [-0.1, -0.05) is 90.0 Å². The van der Waals surface area contributed by atoms with Crippen LogP contribution in [0.4, 0.5) is 4.39 Å². The van der Waals surface area contributed by atoms with E-state index in [-0.39, 0.29) is 17.4 Å². The van der Waals surface area contributed by atoms with E-state index < -0.39 is 17.8 Å². The highest BCUT2D eigenvalue weighted by Crippen LogP contribution is 2.25. The molecule has 0 heterocycles. The molecule has 0 bridgehead atoms. The smallest absolute Gasteiger partial charge is 0.343 e. The van der Waals surface area contributed by atoms with Crippen LogP contribution in [0.25, 0.3) is 11.1 Å². The number of ether oxygens (including phenoxy) is 3. The summed E-state index contributed by atoms with van der Waals surface area (Å²) in [5.74, 6) is -0.799. The Morgan fingerprint density at radius 2 is 1.28 bits per heavy atom. The molecule has 0 aliphatic carbocycles. The molecule has 0 fully saturated rings. The summed E-state index contributed by atoms with van der Waals surface area (Å²) in [5, 5.41) is 0. The minimum Gasteiger partial charge on any atom is -0.494 e. The van der Waals surface area contributed by atoms with Crippen molar-refractivity contribution in [1.82, 2.24) is 0 Å². The number of benzene rings is 3. The van der Waals surface area contributed by atoms with Gasteiger partial charge in [0, 0.05) is 6.07 Å². The number of halogens is 1. The van der Waals surface area contributed by atoms with Crippen molar-refractivity contribution >= 4 is 11.9 Å². The van der Waals surface area contributed by atoms with E-state index in [1.54, 1.807) is 19.1 Å². The van der Waals surface area contributed by atoms with Gasteiger partial charge in [-0.05, 0) is 79.6 Å². The molecule has 0 amide bonds. The Morgan fingerprint density at radius 3 is 1.88 bits per heavy atom. The molecule has 1 atom stereocenters. The molecular weight excluding hydrogens is 543 g/mol. The Labute approximate surface area is 256 Å². The van der Waals surface area contributed by atoms with Gasteiger partial charge in [-0.25, -0.2) is 14.0 Å². The normalized spacial score (nSPS) is 11.8. The first kappa shape index (κ1) is 33.8. The third-order valence-corrected chi connectivity index (χ3v) is 7.40. The summed E-state index contributed by atoms with van der Waals surface area (Å²) in [5.41, 5.74) is 2.09. The number of hydrogen-bond donors (Lipinski definition) is 0. The van der Waals surface area contributed by atoms with E-state index in [9.17, 15) is 14.0 Å². The number of unbranched alkanes of at least 4 members (excludes halogenated alkanes) is 7.